The molecule has 1 unspecified atom stereocenters. The van der Waals surface area contributed by atoms with Crippen LogP contribution in [0.3, 0.4) is 0 Å². The van der Waals surface area contributed by atoms with Crippen molar-refractivity contribution in [1.82, 2.24) is 0 Å². The van der Waals surface area contributed by atoms with E-state index in [-0.39, 0.29) is 11.9 Å². The van der Waals surface area contributed by atoms with Gasteiger partial charge >= 0.3 is 5.97 Å². The Kier molecular flexibility index (Phi) is 4.82. The van der Waals surface area contributed by atoms with E-state index in [1.807, 2.05) is 6.92 Å². The van der Waals surface area contributed by atoms with Crippen molar-refractivity contribution < 1.29 is 9.53 Å². The number of halogens is 3. The molecule has 19 heavy (non-hydrogen) atoms. The van der Waals surface area contributed by atoms with Crippen LogP contribution in [-0.4, -0.2) is 25.7 Å². The number of benzene rings is 1. The Balaban J connectivity index is 2.11. The second kappa shape index (κ2) is 6.21. The molecule has 1 aromatic carbocycles. The molecule has 3 nitrogen and oxygen atoms in total. The third kappa shape index (κ3) is 3.28. The van der Waals surface area contributed by atoms with E-state index in [2.05, 4.69) is 4.90 Å². The monoisotopic (exact) mass is 321 g/mol. The van der Waals surface area contributed by atoms with Crippen molar-refractivity contribution in [3.8, 4) is 0 Å². The van der Waals surface area contributed by atoms with Gasteiger partial charge in [-0.15, -0.1) is 0 Å². The summed E-state index contributed by atoms with van der Waals surface area (Å²) in [5, 5.41) is 1.20. The smallest absolute Gasteiger partial charge is 0.310 e. The molecule has 1 aliphatic heterocycles. The Morgan fingerprint density at radius 1 is 1.37 bits per heavy atom. The molecule has 0 aliphatic carbocycles. The zero-order chi connectivity index (χ0) is 14.0. The lowest BCUT2D eigenvalue weighted by Gasteiger charge is -2.19. The van der Waals surface area contributed by atoms with Crippen LogP contribution < -0.4 is 4.90 Å². The highest BCUT2D eigenvalue weighted by Crippen LogP contribution is 2.36. The normalized spacial score (nSPS) is 18.7. The summed E-state index contributed by atoms with van der Waals surface area (Å²) in [7, 11) is 0. The number of anilines is 1. The summed E-state index contributed by atoms with van der Waals surface area (Å²) in [6, 6.07) is 3.53. The van der Waals surface area contributed by atoms with E-state index >= 15 is 0 Å². The first-order valence-corrected chi connectivity index (χ1v) is 7.22. The largest absolute Gasteiger partial charge is 0.466 e. The van der Waals surface area contributed by atoms with Crippen molar-refractivity contribution in [2.75, 3.05) is 24.6 Å². The van der Waals surface area contributed by atoms with Gasteiger partial charge in [0.05, 0.1) is 27.6 Å². The van der Waals surface area contributed by atoms with Crippen molar-refractivity contribution in [3.63, 3.8) is 0 Å². The fourth-order valence-electron chi connectivity index (χ4n) is 2.17. The van der Waals surface area contributed by atoms with Crippen LogP contribution in [-0.2, 0) is 9.53 Å². The first-order valence-electron chi connectivity index (χ1n) is 6.09. The number of hydrogen-bond acceptors (Lipinski definition) is 3. The van der Waals surface area contributed by atoms with Crippen LogP contribution in [0.4, 0.5) is 5.69 Å². The van der Waals surface area contributed by atoms with Crippen molar-refractivity contribution in [2.45, 2.75) is 13.3 Å². The molecule has 1 atom stereocenters. The van der Waals surface area contributed by atoms with Gasteiger partial charge in [0.15, 0.2) is 0 Å². The summed E-state index contributed by atoms with van der Waals surface area (Å²) in [5.74, 6) is -0.232. The Bertz CT molecular complexity index is 470. The van der Waals surface area contributed by atoms with Gasteiger partial charge in [-0.05, 0) is 25.5 Å². The molecule has 0 spiro atoms. The number of hydrogen-bond donors (Lipinski definition) is 0. The lowest BCUT2D eigenvalue weighted by Crippen LogP contribution is -2.24. The number of nitrogens with zero attached hydrogens (tertiary/aromatic N) is 1. The first-order chi connectivity index (χ1) is 9.02. The van der Waals surface area contributed by atoms with E-state index in [1.165, 1.54) is 0 Å². The van der Waals surface area contributed by atoms with Crippen molar-refractivity contribution in [2.24, 2.45) is 5.92 Å². The van der Waals surface area contributed by atoms with Gasteiger partial charge in [-0.1, -0.05) is 34.8 Å². The summed E-state index contributed by atoms with van der Waals surface area (Å²) >= 11 is 17.9. The molecule has 1 aliphatic rings. The SMILES string of the molecule is CCOC(=O)C1CCN(c2cc(Cl)c(Cl)c(Cl)c2)C1. The van der Waals surface area contributed by atoms with Crippen molar-refractivity contribution in [3.05, 3.63) is 27.2 Å². The summed E-state index contributed by atoms with van der Waals surface area (Å²) in [4.78, 5) is 13.8. The average molecular weight is 323 g/mol. The van der Waals surface area contributed by atoms with Crippen LogP contribution in [0.2, 0.25) is 15.1 Å². The highest BCUT2D eigenvalue weighted by Gasteiger charge is 2.29. The van der Waals surface area contributed by atoms with Crippen molar-refractivity contribution >= 4 is 46.5 Å². The number of rotatable bonds is 3. The summed E-state index contributed by atoms with van der Waals surface area (Å²) in [6.07, 6.45) is 0.775. The minimum atomic E-state index is -0.142. The number of esters is 1. The van der Waals surface area contributed by atoms with E-state index < -0.39 is 0 Å². The lowest BCUT2D eigenvalue weighted by atomic mass is 10.1. The number of carbonyl (C=O) groups is 1. The Hall–Kier alpha value is -0.640. The van der Waals surface area contributed by atoms with E-state index in [0.29, 0.717) is 28.2 Å². The second-order valence-electron chi connectivity index (χ2n) is 4.41. The molecule has 0 bridgehead atoms. The van der Waals surface area contributed by atoms with Gasteiger partial charge < -0.3 is 9.64 Å². The predicted octanol–water partition coefficient (Wildman–Crippen LogP) is 4.04. The van der Waals surface area contributed by atoms with Gasteiger partial charge in [-0.3, -0.25) is 4.79 Å². The van der Waals surface area contributed by atoms with Gasteiger partial charge in [-0.2, -0.15) is 0 Å². The Labute approximate surface area is 127 Å². The quantitative estimate of drug-likeness (QED) is 0.621. The lowest BCUT2D eigenvalue weighted by molar-refractivity contribution is -0.147. The van der Waals surface area contributed by atoms with E-state index in [9.17, 15) is 4.79 Å². The van der Waals surface area contributed by atoms with E-state index in [4.69, 9.17) is 39.5 Å². The van der Waals surface area contributed by atoms with Gasteiger partial charge in [-0.25, -0.2) is 0 Å². The molecule has 0 saturated carbocycles. The van der Waals surface area contributed by atoms with Crippen LogP contribution in [0.15, 0.2) is 12.1 Å². The summed E-state index contributed by atoms with van der Waals surface area (Å²) < 4.78 is 5.04. The molecule has 1 aromatic rings. The van der Waals surface area contributed by atoms with Gasteiger partial charge in [0.1, 0.15) is 0 Å². The summed E-state index contributed by atoms with van der Waals surface area (Å²) in [5.41, 5.74) is 0.881. The van der Waals surface area contributed by atoms with Crippen LogP contribution in [0.1, 0.15) is 13.3 Å². The molecule has 104 valence electrons. The number of ether oxygens (including phenoxy) is 1. The molecule has 6 heteroatoms. The maximum Gasteiger partial charge on any atom is 0.310 e. The standard InChI is InChI=1S/C13H14Cl3NO2/c1-2-19-13(18)8-3-4-17(7-8)9-5-10(14)12(16)11(15)6-9/h5-6,8H,2-4,7H2,1H3. The second-order valence-corrected chi connectivity index (χ2v) is 5.60. The van der Waals surface area contributed by atoms with Gasteiger partial charge in [0.25, 0.3) is 0 Å². The zero-order valence-corrected chi connectivity index (χ0v) is 12.7. The Morgan fingerprint density at radius 3 is 2.58 bits per heavy atom. The third-order valence-corrected chi connectivity index (χ3v) is 4.34. The molecule has 0 radical (unpaired) electrons. The van der Waals surface area contributed by atoms with Crippen LogP contribution in [0.25, 0.3) is 0 Å². The highest BCUT2D eigenvalue weighted by molar-refractivity contribution is 6.48. The predicted molar refractivity (Wildman–Crippen MR) is 78.4 cm³/mol. The molecular formula is C13H14Cl3NO2. The minimum Gasteiger partial charge on any atom is -0.466 e. The molecule has 0 amide bonds. The fraction of sp³-hybridized carbons (Fsp3) is 0.462. The fourth-order valence-corrected chi connectivity index (χ4v) is 2.76. The van der Waals surface area contributed by atoms with Crippen LogP contribution >= 0.6 is 34.8 Å². The average Bonchev–Trinajstić information content (AvgIpc) is 2.85. The zero-order valence-electron chi connectivity index (χ0n) is 10.5. The topological polar surface area (TPSA) is 29.5 Å². The maximum atomic E-state index is 11.7. The first kappa shape index (κ1) is 14.8. The molecule has 2 rings (SSSR count). The van der Waals surface area contributed by atoms with Crippen LogP contribution in [0, 0.1) is 5.92 Å². The molecule has 1 fully saturated rings. The van der Waals surface area contributed by atoms with E-state index in [1.54, 1.807) is 12.1 Å². The summed E-state index contributed by atoms with van der Waals surface area (Å²) in [6.45, 7) is 3.61. The molecule has 0 aromatic heterocycles. The molecule has 1 saturated heterocycles. The van der Waals surface area contributed by atoms with Crippen LogP contribution in [0.5, 0.6) is 0 Å². The molecule has 1 heterocycles. The minimum absolute atomic E-state index is 0.0896. The third-order valence-electron chi connectivity index (χ3n) is 3.14. The molecular weight excluding hydrogens is 309 g/mol. The maximum absolute atomic E-state index is 11.7. The molecule has 0 N–H and O–H groups in total. The van der Waals surface area contributed by atoms with Gasteiger partial charge in [0.2, 0.25) is 0 Å². The van der Waals surface area contributed by atoms with Crippen molar-refractivity contribution in [1.29, 1.82) is 0 Å². The van der Waals surface area contributed by atoms with E-state index in [0.717, 1.165) is 18.7 Å². The highest BCUT2D eigenvalue weighted by atomic mass is 35.5. The van der Waals surface area contributed by atoms with Gasteiger partial charge in [0, 0.05) is 18.8 Å². The Morgan fingerprint density at radius 2 is 2.00 bits per heavy atom. The number of carbonyl (C=O) groups excluding carboxylic acids is 1.